The Morgan fingerprint density at radius 1 is 0.944 bits per heavy atom. The van der Waals surface area contributed by atoms with E-state index >= 15 is 0 Å². The second-order valence-electron chi connectivity index (χ2n) is 9.17. The predicted molar refractivity (Wildman–Crippen MR) is 143 cm³/mol. The van der Waals surface area contributed by atoms with Crippen molar-refractivity contribution in [1.29, 1.82) is 0 Å². The standard InChI is InChI=1S/C29H32N4O2S/c34-29(27-12-11-26(36-27)25-10-4-5-15-30-25)33-18-13-24(14-19-33)28-31-16-20-32(28)17-6-7-21-35-22-23-8-2-1-3-9-23/h1-5,8-12,15-16,20,24H,6-7,13-14,17-19,21-22H2. The number of amides is 1. The molecule has 3 aromatic heterocycles. The molecule has 36 heavy (non-hydrogen) atoms. The van der Waals surface area contributed by atoms with Gasteiger partial charge in [0.2, 0.25) is 0 Å². The van der Waals surface area contributed by atoms with Gasteiger partial charge in [0.15, 0.2) is 0 Å². The molecule has 186 valence electrons. The Hall–Kier alpha value is -3.29. The summed E-state index contributed by atoms with van der Waals surface area (Å²) in [6.07, 6.45) is 9.76. The smallest absolute Gasteiger partial charge is 0.263 e. The molecule has 6 nitrogen and oxygen atoms in total. The maximum atomic E-state index is 13.1. The average Bonchev–Trinajstić information content (AvgIpc) is 3.62. The van der Waals surface area contributed by atoms with Gasteiger partial charge in [-0.1, -0.05) is 36.4 Å². The van der Waals surface area contributed by atoms with E-state index in [2.05, 4.69) is 32.9 Å². The Morgan fingerprint density at radius 2 is 1.78 bits per heavy atom. The lowest BCUT2D eigenvalue weighted by Crippen LogP contribution is -2.38. The monoisotopic (exact) mass is 500 g/mol. The molecule has 1 aromatic carbocycles. The SMILES string of the molecule is O=C(c1ccc(-c2ccccn2)s1)N1CCC(c2nccn2CCCCOCc2ccccc2)CC1. The van der Waals surface area contributed by atoms with Crippen LogP contribution in [0.2, 0.25) is 0 Å². The number of imidazole rings is 1. The second kappa shape index (κ2) is 12.1. The number of unbranched alkanes of at least 4 members (excludes halogenated alkanes) is 1. The van der Waals surface area contributed by atoms with Gasteiger partial charge in [0.05, 0.1) is 22.1 Å². The molecule has 0 unspecified atom stereocenters. The van der Waals surface area contributed by atoms with Crippen molar-refractivity contribution < 1.29 is 9.53 Å². The van der Waals surface area contributed by atoms with Crippen LogP contribution in [0.3, 0.4) is 0 Å². The van der Waals surface area contributed by atoms with Crippen molar-refractivity contribution in [2.75, 3.05) is 19.7 Å². The zero-order valence-corrected chi connectivity index (χ0v) is 21.3. The minimum Gasteiger partial charge on any atom is -0.377 e. The van der Waals surface area contributed by atoms with Crippen LogP contribution < -0.4 is 0 Å². The van der Waals surface area contributed by atoms with Gasteiger partial charge < -0.3 is 14.2 Å². The van der Waals surface area contributed by atoms with Gasteiger partial charge in [0.25, 0.3) is 5.91 Å². The lowest BCUT2D eigenvalue weighted by atomic mass is 9.95. The number of carbonyl (C=O) groups is 1. The van der Waals surface area contributed by atoms with Gasteiger partial charge in [-0.15, -0.1) is 11.3 Å². The van der Waals surface area contributed by atoms with E-state index in [1.165, 1.54) is 16.9 Å². The summed E-state index contributed by atoms with van der Waals surface area (Å²) in [5.74, 6) is 1.67. The fourth-order valence-electron chi connectivity index (χ4n) is 4.72. The lowest BCUT2D eigenvalue weighted by molar-refractivity contribution is 0.0715. The van der Waals surface area contributed by atoms with Crippen molar-refractivity contribution in [3.05, 3.63) is 95.5 Å². The highest BCUT2D eigenvalue weighted by Gasteiger charge is 2.27. The van der Waals surface area contributed by atoms with Crippen molar-refractivity contribution >= 4 is 17.2 Å². The summed E-state index contributed by atoms with van der Waals surface area (Å²) in [5.41, 5.74) is 2.13. The summed E-state index contributed by atoms with van der Waals surface area (Å²) >= 11 is 1.52. The highest BCUT2D eigenvalue weighted by atomic mass is 32.1. The van der Waals surface area contributed by atoms with Gasteiger partial charge in [0, 0.05) is 50.7 Å². The Balaban J connectivity index is 1.07. The van der Waals surface area contributed by atoms with Crippen molar-refractivity contribution in [3.8, 4) is 10.6 Å². The van der Waals surface area contributed by atoms with Gasteiger partial charge in [-0.2, -0.15) is 0 Å². The summed E-state index contributed by atoms with van der Waals surface area (Å²) in [6.45, 7) is 3.92. The number of piperidine rings is 1. The summed E-state index contributed by atoms with van der Waals surface area (Å²) in [5, 5.41) is 0. The van der Waals surface area contributed by atoms with Gasteiger partial charge in [-0.25, -0.2) is 4.98 Å². The minimum atomic E-state index is 0.125. The molecule has 0 aliphatic carbocycles. The Morgan fingerprint density at radius 3 is 2.58 bits per heavy atom. The summed E-state index contributed by atoms with van der Waals surface area (Å²) < 4.78 is 8.11. The number of likely N-dealkylation sites (tertiary alicyclic amines) is 1. The van der Waals surface area contributed by atoms with E-state index in [0.29, 0.717) is 12.5 Å². The molecule has 7 heteroatoms. The van der Waals surface area contributed by atoms with Gasteiger partial charge in [-0.05, 0) is 55.5 Å². The Bertz CT molecular complexity index is 1230. The van der Waals surface area contributed by atoms with Crippen LogP contribution in [0.15, 0.2) is 79.3 Å². The van der Waals surface area contributed by atoms with Crippen LogP contribution >= 0.6 is 11.3 Å². The largest absolute Gasteiger partial charge is 0.377 e. The fourth-order valence-corrected chi connectivity index (χ4v) is 5.67. The van der Waals surface area contributed by atoms with Crippen LogP contribution in [0, 0.1) is 0 Å². The fraction of sp³-hybridized carbons (Fsp3) is 0.345. The zero-order chi connectivity index (χ0) is 24.6. The van der Waals surface area contributed by atoms with Crippen LogP contribution in [0.4, 0.5) is 0 Å². The Kier molecular flexibility index (Phi) is 8.20. The number of thiophene rings is 1. The number of ether oxygens (including phenoxy) is 1. The number of aromatic nitrogens is 3. The molecule has 0 bridgehead atoms. The highest BCUT2D eigenvalue weighted by Crippen LogP contribution is 2.31. The van der Waals surface area contributed by atoms with Crippen molar-refractivity contribution in [1.82, 2.24) is 19.4 Å². The Labute approximate surface area is 216 Å². The van der Waals surface area contributed by atoms with E-state index in [0.717, 1.165) is 73.2 Å². The topological polar surface area (TPSA) is 60.2 Å². The van der Waals surface area contributed by atoms with Crippen molar-refractivity contribution in [2.45, 2.75) is 44.8 Å². The van der Waals surface area contributed by atoms with Crippen LogP contribution in [0.1, 0.15) is 52.7 Å². The summed E-state index contributed by atoms with van der Waals surface area (Å²) in [7, 11) is 0. The zero-order valence-electron chi connectivity index (χ0n) is 20.5. The number of carbonyl (C=O) groups excluding carboxylic acids is 1. The maximum absolute atomic E-state index is 13.1. The molecular weight excluding hydrogens is 468 g/mol. The molecule has 4 aromatic rings. The normalized spacial score (nSPS) is 14.3. The van der Waals surface area contributed by atoms with Crippen LogP contribution in [-0.2, 0) is 17.9 Å². The number of rotatable bonds is 10. The third-order valence-corrected chi connectivity index (χ3v) is 7.77. The van der Waals surface area contributed by atoms with Gasteiger partial charge in [-0.3, -0.25) is 9.78 Å². The first-order valence-corrected chi connectivity index (χ1v) is 13.5. The van der Waals surface area contributed by atoms with Crippen molar-refractivity contribution in [3.63, 3.8) is 0 Å². The van der Waals surface area contributed by atoms with E-state index in [1.807, 2.05) is 59.6 Å². The first kappa shape index (κ1) is 24.4. The molecule has 4 heterocycles. The molecule has 0 saturated carbocycles. The quantitative estimate of drug-likeness (QED) is 0.250. The predicted octanol–water partition coefficient (Wildman–Crippen LogP) is 6.02. The summed E-state index contributed by atoms with van der Waals surface area (Å²) in [4.78, 5) is 26.0. The molecular formula is C29H32N4O2S. The molecule has 1 aliphatic rings. The van der Waals surface area contributed by atoms with Crippen LogP contribution in [0.25, 0.3) is 10.6 Å². The number of pyridine rings is 1. The second-order valence-corrected chi connectivity index (χ2v) is 10.3. The van der Waals surface area contributed by atoms with E-state index < -0.39 is 0 Å². The van der Waals surface area contributed by atoms with Gasteiger partial charge >= 0.3 is 0 Å². The number of benzene rings is 1. The average molecular weight is 501 g/mol. The first-order valence-electron chi connectivity index (χ1n) is 12.7. The van der Waals surface area contributed by atoms with Crippen LogP contribution in [-0.4, -0.2) is 45.0 Å². The molecule has 0 radical (unpaired) electrons. The molecule has 1 aliphatic heterocycles. The third-order valence-electron chi connectivity index (χ3n) is 6.68. The molecule has 5 rings (SSSR count). The number of hydrogen-bond donors (Lipinski definition) is 0. The molecule has 1 amide bonds. The number of nitrogens with zero attached hydrogens (tertiary/aromatic N) is 4. The van der Waals surface area contributed by atoms with Gasteiger partial charge in [0.1, 0.15) is 5.82 Å². The van der Waals surface area contributed by atoms with E-state index in [1.54, 1.807) is 6.20 Å². The molecule has 0 atom stereocenters. The highest BCUT2D eigenvalue weighted by molar-refractivity contribution is 7.17. The molecule has 0 spiro atoms. The van der Waals surface area contributed by atoms with E-state index in [9.17, 15) is 4.79 Å². The summed E-state index contributed by atoms with van der Waals surface area (Å²) in [6, 6.07) is 20.1. The minimum absolute atomic E-state index is 0.125. The molecule has 0 N–H and O–H groups in total. The number of aryl methyl sites for hydroxylation is 1. The molecule has 1 saturated heterocycles. The number of hydrogen-bond acceptors (Lipinski definition) is 5. The van der Waals surface area contributed by atoms with Crippen molar-refractivity contribution in [2.24, 2.45) is 0 Å². The van der Waals surface area contributed by atoms with Crippen LogP contribution in [0.5, 0.6) is 0 Å². The van der Waals surface area contributed by atoms with E-state index in [4.69, 9.17) is 4.74 Å². The lowest BCUT2D eigenvalue weighted by Gasteiger charge is -2.31. The first-order chi connectivity index (χ1) is 17.8. The molecule has 1 fully saturated rings. The third kappa shape index (κ3) is 6.09. The maximum Gasteiger partial charge on any atom is 0.263 e. The van der Waals surface area contributed by atoms with E-state index in [-0.39, 0.29) is 5.91 Å².